The molecule has 0 radical (unpaired) electrons. The van der Waals surface area contributed by atoms with Gasteiger partial charge in [-0.2, -0.15) is 0 Å². The van der Waals surface area contributed by atoms with E-state index in [1.165, 1.54) is 18.6 Å². The van der Waals surface area contributed by atoms with E-state index in [4.69, 9.17) is 9.47 Å². The molecule has 1 spiro atoms. The van der Waals surface area contributed by atoms with Crippen LogP contribution in [0, 0.1) is 11.6 Å². The second kappa shape index (κ2) is 6.30. The monoisotopic (exact) mass is 311 g/mol. The first kappa shape index (κ1) is 15.4. The molecule has 120 valence electrons. The van der Waals surface area contributed by atoms with E-state index in [0.717, 1.165) is 31.7 Å². The molecule has 1 N–H and O–H groups in total. The van der Waals surface area contributed by atoms with Gasteiger partial charge in [-0.05, 0) is 25.0 Å². The number of hydrogen-bond acceptors (Lipinski definition) is 3. The smallest absolute Gasteiger partial charge is 0.254 e. The first-order valence-electron chi connectivity index (χ1n) is 7.64. The Morgan fingerprint density at radius 3 is 2.82 bits per heavy atom. The first-order chi connectivity index (χ1) is 10.6. The van der Waals surface area contributed by atoms with Crippen molar-refractivity contribution in [3.63, 3.8) is 0 Å². The van der Waals surface area contributed by atoms with Crippen LogP contribution in [0.25, 0.3) is 0 Å². The second-order valence-electron chi connectivity index (χ2n) is 5.83. The zero-order valence-corrected chi connectivity index (χ0v) is 12.2. The number of carbonyl (C=O) groups excluding carboxylic acids is 1. The van der Waals surface area contributed by atoms with E-state index >= 15 is 0 Å². The standard InChI is InChI=1S/C16H19F2NO3/c17-13-6-4-5-12(14(13)18)15(20)19-9-11-10-21-16(22-11)7-2-1-3-8-16/h4-6,11H,1-3,7-10H2,(H,19,20). The minimum atomic E-state index is -1.13. The Labute approximate surface area is 127 Å². The van der Waals surface area contributed by atoms with Gasteiger partial charge in [0.1, 0.15) is 6.10 Å². The van der Waals surface area contributed by atoms with Gasteiger partial charge in [-0.1, -0.05) is 12.5 Å². The molecule has 2 fully saturated rings. The maximum Gasteiger partial charge on any atom is 0.254 e. The fourth-order valence-electron chi connectivity index (χ4n) is 3.05. The number of rotatable bonds is 3. The Morgan fingerprint density at radius 1 is 1.27 bits per heavy atom. The lowest BCUT2D eigenvalue weighted by atomic mass is 9.94. The molecular formula is C16H19F2NO3. The Bertz CT molecular complexity index is 558. The van der Waals surface area contributed by atoms with Crippen LogP contribution in [0.1, 0.15) is 42.5 Å². The lowest BCUT2D eigenvalue weighted by molar-refractivity contribution is -0.186. The van der Waals surface area contributed by atoms with Crippen molar-refractivity contribution in [3.05, 3.63) is 35.4 Å². The Hall–Kier alpha value is -1.53. The molecular weight excluding hydrogens is 292 g/mol. The molecule has 1 aliphatic heterocycles. The predicted molar refractivity (Wildman–Crippen MR) is 75.3 cm³/mol. The molecule has 2 aliphatic rings. The van der Waals surface area contributed by atoms with E-state index in [2.05, 4.69) is 5.32 Å². The molecule has 1 saturated carbocycles. The number of hydrogen-bond donors (Lipinski definition) is 1. The van der Waals surface area contributed by atoms with E-state index in [0.29, 0.717) is 6.61 Å². The Morgan fingerprint density at radius 2 is 2.05 bits per heavy atom. The van der Waals surface area contributed by atoms with E-state index in [1.54, 1.807) is 0 Å². The third-order valence-electron chi connectivity index (χ3n) is 4.22. The van der Waals surface area contributed by atoms with Crippen molar-refractivity contribution < 1.29 is 23.0 Å². The normalized spacial score (nSPS) is 23.6. The fraction of sp³-hybridized carbons (Fsp3) is 0.562. The van der Waals surface area contributed by atoms with Gasteiger partial charge in [0.25, 0.3) is 5.91 Å². The summed E-state index contributed by atoms with van der Waals surface area (Å²) in [5, 5.41) is 2.58. The molecule has 1 unspecified atom stereocenters. The maximum atomic E-state index is 13.5. The third-order valence-corrected chi connectivity index (χ3v) is 4.22. The predicted octanol–water partition coefficient (Wildman–Crippen LogP) is 2.77. The Balaban J connectivity index is 1.55. The van der Waals surface area contributed by atoms with Crippen LogP contribution in [0.5, 0.6) is 0 Å². The minimum absolute atomic E-state index is 0.219. The molecule has 1 saturated heterocycles. The van der Waals surface area contributed by atoms with Crippen molar-refractivity contribution in [1.29, 1.82) is 0 Å². The summed E-state index contributed by atoms with van der Waals surface area (Å²) in [6.45, 7) is 0.627. The molecule has 1 atom stereocenters. The average molecular weight is 311 g/mol. The number of benzene rings is 1. The average Bonchev–Trinajstić information content (AvgIpc) is 2.91. The van der Waals surface area contributed by atoms with E-state index in [-0.39, 0.29) is 18.2 Å². The van der Waals surface area contributed by atoms with Crippen LogP contribution in [0.2, 0.25) is 0 Å². The van der Waals surface area contributed by atoms with Crippen LogP contribution in [0.3, 0.4) is 0 Å². The summed E-state index contributed by atoms with van der Waals surface area (Å²) in [5.41, 5.74) is -0.300. The van der Waals surface area contributed by atoms with Crippen molar-refractivity contribution in [2.75, 3.05) is 13.2 Å². The van der Waals surface area contributed by atoms with Gasteiger partial charge in [0.05, 0.1) is 12.2 Å². The number of ether oxygens (including phenoxy) is 2. The summed E-state index contributed by atoms with van der Waals surface area (Å²) < 4.78 is 38.4. The number of halogens is 2. The van der Waals surface area contributed by atoms with Crippen LogP contribution < -0.4 is 5.32 Å². The van der Waals surface area contributed by atoms with Crippen molar-refractivity contribution in [2.45, 2.75) is 44.0 Å². The minimum Gasteiger partial charge on any atom is -0.349 e. The quantitative estimate of drug-likeness (QED) is 0.934. The number of carbonyl (C=O) groups is 1. The van der Waals surface area contributed by atoms with Gasteiger partial charge in [-0.25, -0.2) is 8.78 Å². The van der Waals surface area contributed by atoms with Crippen LogP contribution in [0.4, 0.5) is 8.78 Å². The highest BCUT2D eigenvalue weighted by molar-refractivity contribution is 5.94. The maximum absolute atomic E-state index is 13.5. The molecule has 0 bridgehead atoms. The topological polar surface area (TPSA) is 47.6 Å². The van der Waals surface area contributed by atoms with Crippen molar-refractivity contribution in [3.8, 4) is 0 Å². The summed E-state index contributed by atoms with van der Waals surface area (Å²) >= 11 is 0. The number of amides is 1. The molecule has 3 rings (SSSR count). The summed E-state index contributed by atoms with van der Waals surface area (Å²) in [7, 11) is 0. The van der Waals surface area contributed by atoms with Gasteiger partial charge < -0.3 is 14.8 Å². The fourth-order valence-corrected chi connectivity index (χ4v) is 3.05. The van der Waals surface area contributed by atoms with Gasteiger partial charge in [-0.3, -0.25) is 4.79 Å². The van der Waals surface area contributed by atoms with Crippen molar-refractivity contribution >= 4 is 5.91 Å². The summed E-state index contributed by atoms with van der Waals surface area (Å²) in [6, 6.07) is 3.54. The highest BCUT2D eigenvalue weighted by atomic mass is 19.2. The summed E-state index contributed by atoms with van der Waals surface area (Å²) in [5.74, 6) is -3.32. The van der Waals surface area contributed by atoms with Crippen molar-refractivity contribution in [2.24, 2.45) is 0 Å². The van der Waals surface area contributed by atoms with Crippen LogP contribution in [-0.2, 0) is 9.47 Å². The molecule has 1 aromatic rings. The molecule has 4 nitrogen and oxygen atoms in total. The molecule has 1 heterocycles. The SMILES string of the molecule is O=C(NCC1COC2(CCCCC2)O1)c1cccc(F)c1F. The summed E-state index contributed by atoms with van der Waals surface area (Å²) in [4.78, 5) is 11.9. The zero-order chi connectivity index (χ0) is 15.6. The highest BCUT2D eigenvalue weighted by Crippen LogP contribution is 2.37. The highest BCUT2D eigenvalue weighted by Gasteiger charge is 2.42. The molecule has 6 heteroatoms. The van der Waals surface area contributed by atoms with Crippen LogP contribution in [0.15, 0.2) is 18.2 Å². The van der Waals surface area contributed by atoms with Gasteiger partial charge in [0.2, 0.25) is 0 Å². The van der Waals surface area contributed by atoms with E-state index < -0.39 is 23.3 Å². The van der Waals surface area contributed by atoms with Crippen molar-refractivity contribution in [1.82, 2.24) is 5.32 Å². The Kier molecular flexibility index (Phi) is 4.40. The molecule has 1 amide bonds. The molecule has 1 aromatic carbocycles. The zero-order valence-electron chi connectivity index (χ0n) is 12.2. The van der Waals surface area contributed by atoms with Gasteiger partial charge >= 0.3 is 0 Å². The van der Waals surface area contributed by atoms with Gasteiger partial charge in [0, 0.05) is 19.4 Å². The lowest BCUT2D eigenvalue weighted by Crippen LogP contribution is -2.37. The largest absolute Gasteiger partial charge is 0.349 e. The van der Waals surface area contributed by atoms with Gasteiger partial charge in [0.15, 0.2) is 17.4 Å². The number of nitrogens with one attached hydrogen (secondary N) is 1. The van der Waals surface area contributed by atoms with E-state index in [1.807, 2.05) is 0 Å². The molecule has 1 aliphatic carbocycles. The third kappa shape index (κ3) is 3.13. The van der Waals surface area contributed by atoms with Crippen LogP contribution in [-0.4, -0.2) is 30.9 Å². The lowest BCUT2D eigenvalue weighted by Gasteiger charge is -2.31. The van der Waals surface area contributed by atoms with E-state index in [9.17, 15) is 13.6 Å². The van der Waals surface area contributed by atoms with Crippen LogP contribution >= 0.6 is 0 Å². The van der Waals surface area contributed by atoms with Gasteiger partial charge in [-0.15, -0.1) is 0 Å². The second-order valence-corrected chi connectivity index (χ2v) is 5.83. The molecule has 22 heavy (non-hydrogen) atoms. The summed E-state index contributed by atoms with van der Waals surface area (Å²) in [6.07, 6.45) is 4.83. The molecule has 0 aromatic heterocycles. The first-order valence-corrected chi connectivity index (χ1v) is 7.64.